The predicted octanol–water partition coefficient (Wildman–Crippen LogP) is 12.0. The second-order valence-corrected chi connectivity index (χ2v) is 13.5. The Bertz CT molecular complexity index is 1790. The molecule has 5 aromatic rings. The molecular formula is C43H50IrNO2-. The Hall–Kier alpha value is -3.59. The minimum atomic E-state index is 0. The van der Waals surface area contributed by atoms with Crippen LogP contribution in [-0.4, -0.2) is 15.9 Å². The first-order chi connectivity index (χ1) is 22.1. The molecule has 0 saturated heterocycles. The van der Waals surface area contributed by atoms with Crippen molar-refractivity contribution in [2.75, 3.05) is 0 Å². The van der Waals surface area contributed by atoms with E-state index in [0.29, 0.717) is 0 Å². The van der Waals surface area contributed by atoms with E-state index < -0.39 is 0 Å². The van der Waals surface area contributed by atoms with Gasteiger partial charge in [-0.15, -0.1) is 35.4 Å². The van der Waals surface area contributed by atoms with Crippen LogP contribution in [0.2, 0.25) is 0 Å². The SMILES string of the molecule is CC(C)(C)Cc1ccnc(-c2[c-]ccc(-c3cc4ccccc4c4ccccc34)c2)c1.CCC(CC)C(=O)/C=C(\O)C(CC)CC.[Ir]. The van der Waals surface area contributed by atoms with Crippen LogP contribution in [0.15, 0.2) is 103 Å². The van der Waals surface area contributed by atoms with Gasteiger partial charge in [-0.25, -0.2) is 0 Å². The maximum Gasteiger partial charge on any atom is 0.162 e. The summed E-state index contributed by atoms with van der Waals surface area (Å²) in [4.78, 5) is 16.4. The van der Waals surface area contributed by atoms with Gasteiger partial charge in [0.1, 0.15) is 0 Å². The number of pyridine rings is 1. The van der Waals surface area contributed by atoms with E-state index in [1.807, 2.05) is 40.0 Å². The van der Waals surface area contributed by atoms with Crippen LogP contribution in [0, 0.1) is 23.3 Å². The number of benzene rings is 4. The van der Waals surface area contributed by atoms with Crippen LogP contribution >= 0.6 is 0 Å². The first kappa shape index (κ1) is 37.9. The third-order valence-electron chi connectivity index (χ3n) is 8.80. The molecule has 1 aromatic heterocycles. The second kappa shape index (κ2) is 17.5. The van der Waals surface area contributed by atoms with Gasteiger partial charge < -0.3 is 10.1 Å². The quantitative estimate of drug-likeness (QED) is 0.0662. The summed E-state index contributed by atoms with van der Waals surface area (Å²) >= 11 is 0. The average molecular weight is 805 g/mol. The minimum Gasteiger partial charge on any atom is -0.512 e. The standard InChI is InChI=1S/C30H26N.C13H24O2.Ir/c1-30(2,3)20-21-15-16-31-29(17-21)24-11-8-10-22(18-24)28-19-23-9-4-5-12-25(23)26-13-6-7-14-27(26)28;1-5-10(6-2)12(14)9-13(15)11(7-3)8-4;/h4-10,12-19H,20H2,1-3H3;9-11,14H,5-8H2,1-4H3;/q-1;;/b;12-9-;. The normalized spacial score (nSPS) is 11.8. The number of carbonyl (C=O) groups excluding carboxylic acids is 1. The number of aliphatic hydroxyl groups excluding tert-OH is 1. The third kappa shape index (κ3) is 9.95. The second-order valence-electron chi connectivity index (χ2n) is 13.5. The average Bonchev–Trinajstić information content (AvgIpc) is 3.05. The van der Waals surface area contributed by atoms with Crippen molar-refractivity contribution in [3.8, 4) is 22.4 Å². The molecule has 0 saturated carbocycles. The summed E-state index contributed by atoms with van der Waals surface area (Å²) in [5, 5.41) is 14.9. The van der Waals surface area contributed by atoms with E-state index >= 15 is 0 Å². The van der Waals surface area contributed by atoms with Crippen molar-refractivity contribution < 1.29 is 30.0 Å². The van der Waals surface area contributed by atoms with Gasteiger partial charge in [-0.2, -0.15) is 0 Å². The minimum absolute atomic E-state index is 0. The fraction of sp³-hybridized carbons (Fsp3) is 0.349. The Labute approximate surface area is 295 Å². The van der Waals surface area contributed by atoms with Gasteiger partial charge in [0.2, 0.25) is 0 Å². The molecule has 1 N–H and O–H groups in total. The van der Waals surface area contributed by atoms with Crippen molar-refractivity contribution in [2.45, 2.75) is 80.6 Å². The molecule has 5 rings (SSSR count). The Morgan fingerprint density at radius 1 is 0.809 bits per heavy atom. The zero-order valence-electron chi connectivity index (χ0n) is 29.1. The van der Waals surface area contributed by atoms with Crippen molar-refractivity contribution >= 4 is 27.3 Å². The van der Waals surface area contributed by atoms with E-state index in [2.05, 4.69) is 111 Å². The molecule has 0 aliphatic carbocycles. The van der Waals surface area contributed by atoms with E-state index in [-0.39, 0.29) is 48.9 Å². The topological polar surface area (TPSA) is 50.2 Å². The fourth-order valence-electron chi connectivity index (χ4n) is 6.20. The van der Waals surface area contributed by atoms with Gasteiger partial charge in [0.15, 0.2) is 5.78 Å². The zero-order chi connectivity index (χ0) is 33.3. The summed E-state index contributed by atoms with van der Waals surface area (Å²) in [6.07, 6.45) is 7.85. The van der Waals surface area contributed by atoms with Gasteiger partial charge in [0, 0.05) is 44.2 Å². The van der Waals surface area contributed by atoms with Crippen LogP contribution < -0.4 is 0 Å². The third-order valence-corrected chi connectivity index (χ3v) is 8.80. The van der Waals surface area contributed by atoms with Crippen LogP contribution in [0.5, 0.6) is 0 Å². The number of hydrogen-bond donors (Lipinski definition) is 1. The number of aliphatic hydroxyl groups is 1. The predicted molar refractivity (Wildman–Crippen MR) is 196 cm³/mol. The summed E-state index contributed by atoms with van der Waals surface area (Å²) in [6.45, 7) is 14.9. The molecular weight excluding hydrogens is 755 g/mol. The number of fused-ring (bicyclic) bond motifs is 3. The molecule has 1 heterocycles. The molecule has 0 aliphatic heterocycles. The number of hydrogen-bond acceptors (Lipinski definition) is 3. The molecule has 4 aromatic carbocycles. The van der Waals surface area contributed by atoms with Crippen molar-refractivity contribution in [2.24, 2.45) is 17.3 Å². The van der Waals surface area contributed by atoms with Crippen molar-refractivity contribution in [1.82, 2.24) is 4.98 Å². The van der Waals surface area contributed by atoms with Gasteiger partial charge in [0.25, 0.3) is 0 Å². The van der Waals surface area contributed by atoms with Gasteiger partial charge in [-0.05, 0) is 82.5 Å². The number of nitrogens with zero attached hydrogens (tertiary/aromatic N) is 1. The Balaban J connectivity index is 0.000000322. The molecule has 47 heavy (non-hydrogen) atoms. The Kier molecular flexibility index (Phi) is 14.1. The van der Waals surface area contributed by atoms with Gasteiger partial charge >= 0.3 is 0 Å². The molecule has 0 amide bonds. The van der Waals surface area contributed by atoms with Crippen molar-refractivity contribution in [3.63, 3.8) is 0 Å². The monoisotopic (exact) mass is 805 g/mol. The van der Waals surface area contributed by atoms with E-state index in [9.17, 15) is 9.90 Å². The van der Waals surface area contributed by atoms with Gasteiger partial charge in [-0.1, -0.05) is 109 Å². The van der Waals surface area contributed by atoms with Crippen LogP contribution in [0.25, 0.3) is 43.9 Å². The van der Waals surface area contributed by atoms with Crippen molar-refractivity contribution in [3.05, 3.63) is 115 Å². The number of rotatable bonds is 10. The van der Waals surface area contributed by atoms with E-state index in [4.69, 9.17) is 0 Å². The van der Waals surface area contributed by atoms with Crippen LogP contribution in [0.1, 0.15) is 79.7 Å². The number of aromatic nitrogens is 1. The summed E-state index contributed by atoms with van der Waals surface area (Å²) in [5.41, 5.74) is 6.01. The van der Waals surface area contributed by atoms with E-state index in [1.54, 1.807) is 0 Å². The van der Waals surface area contributed by atoms with Gasteiger partial charge in [0.05, 0.1) is 5.76 Å². The summed E-state index contributed by atoms with van der Waals surface area (Å²) in [7, 11) is 0. The van der Waals surface area contributed by atoms with Crippen molar-refractivity contribution in [1.29, 1.82) is 0 Å². The van der Waals surface area contributed by atoms with Crippen LogP contribution in [-0.2, 0) is 31.3 Å². The molecule has 249 valence electrons. The molecule has 0 fully saturated rings. The Morgan fingerprint density at radius 3 is 2.06 bits per heavy atom. The summed E-state index contributed by atoms with van der Waals surface area (Å²) < 4.78 is 0. The van der Waals surface area contributed by atoms with E-state index in [1.165, 1.54) is 44.3 Å². The largest absolute Gasteiger partial charge is 0.512 e. The molecule has 1 radical (unpaired) electrons. The molecule has 0 atom stereocenters. The molecule has 0 bridgehead atoms. The van der Waals surface area contributed by atoms with Gasteiger partial charge in [-0.3, -0.25) is 4.79 Å². The summed E-state index contributed by atoms with van der Waals surface area (Å²) in [6, 6.07) is 33.7. The Morgan fingerprint density at radius 2 is 1.43 bits per heavy atom. The fourth-order valence-corrected chi connectivity index (χ4v) is 6.20. The maximum absolute atomic E-state index is 11.7. The molecule has 3 nitrogen and oxygen atoms in total. The molecule has 4 heteroatoms. The molecule has 0 unspecified atom stereocenters. The summed E-state index contributed by atoms with van der Waals surface area (Å²) in [5.74, 6) is 0.547. The number of carbonyl (C=O) groups is 1. The first-order valence-electron chi connectivity index (χ1n) is 16.9. The molecule has 0 spiro atoms. The molecule has 0 aliphatic rings. The zero-order valence-corrected chi connectivity index (χ0v) is 31.5. The number of ketones is 1. The number of allylic oxidation sites excluding steroid dienone is 2. The first-order valence-corrected chi connectivity index (χ1v) is 16.9. The smallest absolute Gasteiger partial charge is 0.162 e. The maximum atomic E-state index is 11.7. The van der Waals surface area contributed by atoms with Crippen LogP contribution in [0.4, 0.5) is 0 Å². The van der Waals surface area contributed by atoms with E-state index in [0.717, 1.165) is 43.4 Å². The van der Waals surface area contributed by atoms with Crippen LogP contribution in [0.3, 0.4) is 0 Å².